The van der Waals surface area contributed by atoms with Crippen LogP contribution in [0.4, 0.5) is 5.95 Å². The van der Waals surface area contributed by atoms with Crippen LogP contribution in [0.2, 0.25) is 0 Å². The predicted octanol–water partition coefficient (Wildman–Crippen LogP) is 3.50. The van der Waals surface area contributed by atoms with Crippen LogP contribution in [0.15, 0.2) is 30.5 Å². The molecule has 1 aliphatic carbocycles. The third-order valence-corrected chi connectivity index (χ3v) is 5.20. The minimum absolute atomic E-state index is 0.337. The molecule has 1 aromatic carbocycles. The normalized spacial score (nSPS) is 16.9. The highest BCUT2D eigenvalue weighted by Crippen LogP contribution is 2.38. The van der Waals surface area contributed by atoms with Crippen molar-refractivity contribution in [3.05, 3.63) is 47.3 Å². The van der Waals surface area contributed by atoms with Crippen LogP contribution in [0.1, 0.15) is 29.7 Å². The molecule has 5 heteroatoms. The quantitative estimate of drug-likeness (QED) is 0.715. The number of benzene rings is 1. The molecule has 5 nitrogen and oxygen atoms in total. The van der Waals surface area contributed by atoms with Crippen molar-refractivity contribution < 1.29 is 4.74 Å². The molecule has 0 bridgehead atoms. The van der Waals surface area contributed by atoms with Crippen LogP contribution in [0.5, 0.6) is 0 Å². The van der Waals surface area contributed by atoms with E-state index in [0.29, 0.717) is 12.6 Å². The van der Waals surface area contributed by atoms with Crippen LogP contribution in [0, 0.1) is 0 Å². The lowest BCUT2D eigenvalue weighted by molar-refractivity contribution is 0.161. The summed E-state index contributed by atoms with van der Waals surface area (Å²) >= 11 is 0. The highest BCUT2D eigenvalue weighted by molar-refractivity contribution is 5.99. The first-order chi connectivity index (χ1) is 12.3. The van der Waals surface area contributed by atoms with Gasteiger partial charge in [0.25, 0.3) is 0 Å². The lowest BCUT2D eigenvalue weighted by Gasteiger charge is -2.14. The molecule has 1 aliphatic heterocycles. The Morgan fingerprint density at radius 3 is 3.00 bits per heavy atom. The lowest BCUT2D eigenvalue weighted by atomic mass is 9.97. The molecule has 0 saturated heterocycles. The molecular formula is C20H20N4O. The minimum Gasteiger partial charge on any atom is -0.377 e. The van der Waals surface area contributed by atoms with E-state index in [1.165, 1.54) is 33.3 Å². The molecule has 0 atom stereocenters. The Labute approximate surface area is 145 Å². The molecule has 3 heterocycles. The predicted molar refractivity (Wildman–Crippen MR) is 99.2 cm³/mol. The Balaban J connectivity index is 1.75. The largest absolute Gasteiger partial charge is 0.377 e. The van der Waals surface area contributed by atoms with Gasteiger partial charge in [-0.3, -0.25) is 0 Å². The number of ether oxygens (including phenoxy) is 1. The van der Waals surface area contributed by atoms with E-state index in [9.17, 15) is 0 Å². The van der Waals surface area contributed by atoms with Gasteiger partial charge in [-0.15, -0.1) is 0 Å². The van der Waals surface area contributed by atoms with Crippen LogP contribution in [-0.2, 0) is 17.6 Å². The van der Waals surface area contributed by atoms with E-state index >= 15 is 0 Å². The Hall–Kier alpha value is -2.66. The second-order valence-corrected chi connectivity index (χ2v) is 6.75. The van der Waals surface area contributed by atoms with Gasteiger partial charge in [-0.05, 0) is 54.5 Å². The summed E-state index contributed by atoms with van der Waals surface area (Å²) in [6.45, 7) is 1.49. The Morgan fingerprint density at radius 2 is 2.12 bits per heavy atom. The summed E-state index contributed by atoms with van der Waals surface area (Å²) in [7, 11) is 0. The number of aromatic nitrogens is 3. The number of anilines is 1. The molecule has 0 fully saturated rings. The molecule has 0 saturated carbocycles. The molecule has 25 heavy (non-hydrogen) atoms. The minimum atomic E-state index is 0.337. The maximum atomic E-state index is 5.89. The van der Waals surface area contributed by atoms with Crippen molar-refractivity contribution in [2.24, 2.45) is 0 Å². The zero-order valence-corrected chi connectivity index (χ0v) is 14.0. The van der Waals surface area contributed by atoms with Crippen molar-refractivity contribution >= 4 is 22.4 Å². The van der Waals surface area contributed by atoms with Gasteiger partial charge in [0.15, 0.2) is 0 Å². The van der Waals surface area contributed by atoms with Gasteiger partial charge in [-0.2, -0.15) is 0 Å². The summed E-state index contributed by atoms with van der Waals surface area (Å²) in [4.78, 5) is 12.4. The lowest BCUT2D eigenvalue weighted by Crippen LogP contribution is -2.03. The van der Waals surface area contributed by atoms with E-state index < -0.39 is 0 Å². The molecule has 0 amide bonds. The standard InChI is InChI=1S/C20H20N4O/c21-20-22-11-14-2-1-3-17-18(19(14)24-20)15-10-13(4-5-16(15)23-17)12-6-8-25-9-7-12/h4-6,10-11,23H,1-3,7-9H2,(H2,21,22,24). The topological polar surface area (TPSA) is 76.8 Å². The number of nitrogens with zero attached hydrogens (tertiary/aromatic N) is 2. The molecule has 0 radical (unpaired) electrons. The fraction of sp³-hybridized carbons (Fsp3) is 0.300. The van der Waals surface area contributed by atoms with E-state index in [1.807, 2.05) is 6.20 Å². The number of nitrogens with two attached hydrogens (primary N) is 1. The fourth-order valence-corrected chi connectivity index (χ4v) is 3.97. The zero-order chi connectivity index (χ0) is 16.8. The number of aryl methyl sites for hydroxylation is 2. The molecule has 0 spiro atoms. The number of aromatic amines is 1. The van der Waals surface area contributed by atoms with E-state index in [0.717, 1.165) is 43.5 Å². The number of nitrogens with one attached hydrogen (secondary N) is 1. The zero-order valence-electron chi connectivity index (χ0n) is 14.0. The van der Waals surface area contributed by atoms with Crippen LogP contribution in [0.25, 0.3) is 27.7 Å². The van der Waals surface area contributed by atoms with Crippen LogP contribution in [-0.4, -0.2) is 28.2 Å². The third-order valence-electron chi connectivity index (χ3n) is 5.20. The Kier molecular flexibility index (Phi) is 3.35. The summed E-state index contributed by atoms with van der Waals surface area (Å²) in [5, 5.41) is 1.22. The average Bonchev–Trinajstić information content (AvgIpc) is 2.91. The molecule has 3 N–H and O–H groups in total. The number of rotatable bonds is 1. The van der Waals surface area contributed by atoms with Gasteiger partial charge in [-0.25, -0.2) is 9.97 Å². The van der Waals surface area contributed by atoms with E-state index in [2.05, 4.69) is 39.2 Å². The van der Waals surface area contributed by atoms with Crippen molar-refractivity contribution in [3.8, 4) is 11.3 Å². The van der Waals surface area contributed by atoms with Gasteiger partial charge in [0.05, 0.1) is 18.9 Å². The molecule has 126 valence electrons. The number of hydrogen-bond donors (Lipinski definition) is 2. The highest BCUT2D eigenvalue weighted by atomic mass is 16.5. The van der Waals surface area contributed by atoms with Gasteiger partial charge in [-0.1, -0.05) is 12.1 Å². The van der Waals surface area contributed by atoms with E-state index in [1.54, 1.807) is 0 Å². The summed E-state index contributed by atoms with van der Waals surface area (Å²) in [6.07, 6.45) is 8.13. The van der Waals surface area contributed by atoms with Crippen LogP contribution in [0.3, 0.4) is 0 Å². The first-order valence-corrected chi connectivity index (χ1v) is 8.83. The monoisotopic (exact) mass is 332 g/mol. The van der Waals surface area contributed by atoms with Crippen molar-refractivity contribution in [2.75, 3.05) is 18.9 Å². The molecule has 3 aromatic rings. The Morgan fingerprint density at radius 1 is 1.16 bits per heavy atom. The summed E-state index contributed by atoms with van der Waals surface area (Å²) in [6, 6.07) is 6.67. The highest BCUT2D eigenvalue weighted by Gasteiger charge is 2.22. The molecule has 2 aliphatic rings. The van der Waals surface area contributed by atoms with Gasteiger partial charge in [0, 0.05) is 28.4 Å². The smallest absolute Gasteiger partial charge is 0.220 e. The second-order valence-electron chi connectivity index (χ2n) is 6.75. The van der Waals surface area contributed by atoms with Gasteiger partial charge in [0.1, 0.15) is 0 Å². The molecule has 0 unspecified atom stereocenters. The molecule has 5 rings (SSSR count). The van der Waals surface area contributed by atoms with Crippen LogP contribution < -0.4 is 5.73 Å². The average molecular weight is 332 g/mol. The van der Waals surface area contributed by atoms with E-state index in [4.69, 9.17) is 10.5 Å². The van der Waals surface area contributed by atoms with Crippen LogP contribution >= 0.6 is 0 Å². The van der Waals surface area contributed by atoms with Crippen molar-refractivity contribution in [3.63, 3.8) is 0 Å². The summed E-state index contributed by atoms with van der Waals surface area (Å²) in [5.74, 6) is 0.337. The molecular weight excluding hydrogens is 312 g/mol. The van der Waals surface area contributed by atoms with E-state index in [-0.39, 0.29) is 0 Å². The van der Waals surface area contributed by atoms with Crippen molar-refractivity contribution in [2.45, 2.75) is 25.7 Å². The maximum Gasteiger partial charge on any atom is 0.220 e. The summed E-state index contributed by atoms with van der Waals surface area (Å²) < 4.78 is 5.45. The maximum absolute atomic E-state index is 5.89. The van der Waals surface area contributed by atoms with Gasteiger partial charge in [0.2, 0.25) is 5.95 Å². The number of nitrogen functional groups attached to an aromatic ring is 1. The van der Waals surface area contributed by atoms with Gasteiger partial charge >= 0.3 is 0 Å². The number of H-pyrrole nitrogens is 1. The van der Waals surface area contributed by atoms with Gasteiger partial charge < -0.3 is 15.5 Å². The van der Waals surface area contributed by atoms with Crippen molar-refractivity contribution in [1.29, 1.82) is 0 Å². The first kappa shape index (κ1) is 14.7. The Bertz CT molecular complexity index is 1000. The second kappa shape index (κ2) is 5.70. The first-order valence-electron chi connectivity index (χ1n) is 8.83. The fourth-order valence-electron chi connectivity index (χ4n) is 3.97. The SMILES string of the molecule is Nc1ncc2c(n1)-c1c([nH]c3ccc(C4=CCOCC4)cc13)CCC2. The summed E-state index contributed by atoms with van der Waals surface area (Å²) in [5.41, 5.74) is 14.3. The third kappa shape index (κ3) is 2.43. The number of hydrogen-bond acceptors (Lipinski definition) is 4. The van der Waals surface area contributed by atoms with Crippen molar-refractivity contribution in [1.82, 2.24) is 15.0 Å². The number of fused-ring (bicyclic) bond motifs is 5. The molecule has 2 aromatic heterocycles.